The molecule has 1 aliphatic carbocycles. The van der Waals surface area contributed by atoms with Crippen molar-refractivity contribution in [2.24, 2.45) is 0 Å². The van der Waals surface area contributed by atoms with E-state index >= 15 is 0 Å². The van der Waals surface area contributed by atoms with Crippen LogP contribution < -0.4 is 4.74 Å². The van der Waals surface area contributed by atoms with Gasteiger partial charge in [0, 0.05) is 6.20 Å². The molecule has 0 spiro atoms. The fourth-order valence-electron chi connectivity index (χ4n) is 0.970. The number of hydrogen-bond donors (Lipinski definition) is 0. The first kappa shape index (κ1) is 6.65. The van der Waals surface area contributed by atoms with Crippen LogP contribution in [0.5, 0.6) is 5.75 Å². The molecule has 1 aromatic rings. The molecule has 0 aliphatic heterocycles. The molecule has 0 unspecified atom stereocenters. The van der Waals surface area contributed by atoms with E-state index in [2.05, 4.69) is 4.98 Å². The van der Waals surface area contributed by atoms with E-state index in [1.165, 1.54) is 12.8 Å². The lowest BCUT2D eigenvalue weighted by Crippen LogP contribution is -1.96. The van der Waals surface area contributed by atoms with Gasteiger partial charge in [-0.1, -0.05) is 0 Å². The Kier molecular flexibility index (Phi) is 1.53. The highest BCUT2D eigenvalue weighted by molar-refractivity contribution is 5.22. The number of hydrogen-bond acceptors (Lipinski definition) is 2. The summed E-state index contributed by atoms with van der Waals surface area (Å²) < 4.78 is 5.54. The molecule has 1 saturated carbocycles. The summed E-state index contributed by atoms with van der Waals surface area (Å²) in [6, 6.07) is 2.02. The van der Waals surface area contributed by atoms with Gasteiger partial charge in [-0.05, 0) is 31.4 Å². The molecular weight excluding hydrogens is 138 g/mol. The van der Waals surface area contributed by atoms with Gasteiger partial charge in [-0.15, -0.1) is 0 Å². The van der Waals surface area contributed by atoms with Crippen molar-refractivity contribution in [3.05, 3.63) is 24.0 Å². The van der Waals surface area contributed by atoms with E-state index in [1.54, 1.807) is 6.20 Å². The average Bonchev–Trinajstić information content (AvgIpc) is 2.71. The van der Waals surface area contributed by atoms with Gasteiger partial charge < -0.3 is 4.74 Å². The van der Waals surface area contributed by atoms with E-state index in [0.29, 0.717) is 6.10 Å². The SMILES string of the molecule is Cc1cncc(OC2CC2)c1. The first-order valence-electron chi connectivity index (χ1n) is 3.93. The van der Waals surface area contributed by atoms with Gasteiger partial charge in [0.15, 0.2) is 0 Å². The molecule has 0 atom stereocenters. The summed E-state index contributed by atoms with van der Waals surface area (Å²) in [7, 11) is 0. The highest BCUT2D eigenvalue weighted by atomic mass is 16.5. The summed E-state index contributed by atoms with van der Waals surface area (Å²) in [6.07, 6.45) is 6.48. The topological polar surface area (TPSA) is 22.1 Å². The Hall–Kier alpha value is -1.05. The van der Waals surface area contributed by atoms with Crippen LogP contribution in [-0.2, 0) is 0 Å². The van der Waals surface area contributed by atoms with Crippen molar-refractivity contribution in [2.75, 3.05) is 0 Å². The number of rotatable bonds is 2. The molecule has 0 amide bonds. The molecule has 1 aromatic heterocycles. The molecule has 1 heterocycles. The highest BCUT2D eigenvalue weighted by Crippen LogP contribution is 2.26. The summed E-state index contributed by atoms with van der Waals surface area (Å²) in [4.78, 5) is 4.04. The van der Waals surface area contributed by atoms with Crippen molar-refractivity contribution in [1.82, 2.24) is 4.98 Å². The monoisotopic (exact) mass is 149 g/mol. The Balaban J connectivity index is 2.10. The molecule has 2 heteroatoms. The van der Waals surface area contributed by atoms with Gasteiger partial charge >= 0.3 is 0 Å². The average molecular weight is 149 g/mol. The summed E-state index contributed by atoms with van der Waals surface area (Å²) in [5.41, 5.74) is 1.16. The molecule has 11 heavy (non-hydrogen) atoms. The van der Waals surface area contributed by atoms with E-state index in [4.69, 9.17) is 4.74 Å². The largest absolute Gasteiger partial charge is 0.489 e. The van der Waals surface area contributed by atoms with Gasteiger partial charge in [0.25, 0.3) is 0 Å². The molecule has 0 aromatic carbocycles. The molecule has 1 aliphatic rings. The number of ether oxygens (including phenoxy) is 1. The van der Waals surface area contributed by atoms with Crippen molar-refractivity contribution in [3.63, 3.8) is 0 Å². The molecule has 0 bridgehead atoms. The predicted octanol–water partition coefficient (Wildman–Crippen LogP) is 1.93. The maximum absolute atomic E-state index is 5.54. The van der Waals surface area contributed by atoms with Gasteiger partial charge in [-0.3, -0.25) is 4.98 Å². The highest BCUT2D eigenvalue weighted by Gasteiger charge is 2.23. The first-order valence-corrected chi connectivity index (χ1v) is 3.93. The van der Waals surface area contributed by atoms with Crippen LogP contribution in [0.3, 0.4) is 0 Å². The fraction of sp³-hybridized carbons (Fsp3) is 0.444. The zero-order valence-corrected chi connectivity index (χ0v) is 6.58. The fourth-order valence-corrected chi connectivity index (χ4v) is 0.970. The maximum atomic E-state index is 5.54. The van der Waals surface area contributed by atoms with Gasteiger partial charge in [0.05, 0.1) is 12.3 Å². The van der Waals surface area contributed by atoms with Gasteiger partial charge in [0.1, 0.15) is 5.75 Å². The van der Waals surface area contributed by atoms with Crippen molar-refractivity contribution in [3.8, 4) is 5.75 Å². The molecule has 0 saturated heterocycles. The maximum Gasteiger partial charge on any atom is 0.138 e. The van der Waals surface area contributed by atoms with Crippen LogP contribution in [0.1, 0.15) is 18.4 Å². The Morgan fingerprint density at radius 2 is 2.27 bits per heavy atom. The van der Waals surface area contributed by atoms with E-state index in [-0.39, 0.29) is 0 Å². The van der Waals surface area contributed by atoms with Crippen molar-refractivity contribution in [1.29, 1.82) is 0 Å². The summed E-state index contributed by atoms with van der Waals surface area (Å²) in [5.74, 6) is 0.910. The van der Waals surface area contributed by atoms with Crippen LogP contribution in [0, 0.1) is 6.92 Å². The normalized spacial score (nSPS) is 16.5. The molecule has 0 radical (unpaired) electrons. The lowest BCUT2D eigenvalue weighted by Gasteiger charge is -2.02. The third-order valence-corrected chi connectivity index (χ3v) is 1.68. The number of nitrogens with zero attached hydrogens (tertiary/aromatic N) is 1. The van der Waals surface area contributed by atoms with Crippen molar-refractivity contribution in [2.45, 2.75) is 25.9 Å². The standard InChI is InChI=1S/C9H11NO/c1-7-4-9(6-10-5-7)11-8-2-3-8/h4-6,8H,2-3H2,1H3. The van der Waals surface area contributed by atoms with E-state index in [0.717, 1.165) is 11.3 Å². The van der Waals surface area contributed by atoms with Gasteiger partial charge in [-0.25, -0.2) is 0 Å². The van der Waals surface area contributed by atoms with E-state index in [9.17, 15) is 0 Å². The van der Waals surface area contributed by atoms with Crippen molar-refractivity contribution < 1.29 is 4.74 Å². The third-order valence-electron chi connectivity index (χ3n) is 1.68. The zero-order valence-electron chi connectivity index (χ0n) is 6.58. The Morgan fingerprint density at radius 3 is 2.91 bits per heavy atom. The molecule has 0 N–H and O–H groups in total. The van der Waals surface area contributed by atoms with E-state index < -0.39 is 0 Å². The second-order valence-electron chi connectivity index (χ2n) is 3.02. The van der Waals surface area contributed by atoms with Crippen LogP contribution in [0.25, 0.3) is 0 Å². The number of aryl methyl sites for hydroxylation is 1. The molecule has 58 valence electrons. The van der Waals surface area contributed by atoms with E-state index in [1.807, 2.05) is 19.2 Å². The summed E-state index contributed by atoms with van der Waals surface area (Å²) >= 11 is 0. The van der Waals surface area contributed by atoms with Crippen LogP contribution in [0.2, 0.25) is 0 Å². The lowest BCUT2D eigenvalue weighted by atomic mass is 10.3. The molecule has 2 nitrogen and oxygen atoms in total. The number of pyridine rings is 1. The first-order chi connectivity index (χ1) is 5.34. The minimum Gasteiger partial charge on any atom is -0.489 e. The van der Waals surface area contributed by atoms with Crippen molar-refractivity contribution >= 4 is 0 Å². The molecular formula is C9H11NO. The Labute approximate surface area is 66.2 Å². The van der Waals surface area contributed by atoms with Crippen LogP contribution in [0.4, 0.5) is 0 Å². The molecule has 2 rings (SSSR count). The summed E-state index contributed by atoms with van der Waals surface area (Å²) in [5, 5.41) is 0. The Morgan fingerprint density at radius 1 is 1.45 bits per heavy atom. The summed E-state index contributed by atoms with van der Waals surface area (Å²) in [6.45, 7) is 2.02. The van der Waals surface area contributed by atoms with Gasteiger partial charge in [-0.2, -0.15) is 0 Å². The predicted molar refractivity (Wildman–Crippen MR) is 42.6 cm³/mol. The third kappa shape index (κ3) is 1.70. The van der Waals surface area contributed by atoms with Crippen LogP contribution in [-0.4, -0.2) is 11.1 Å². The minimum atomic E-state index is 0.471. The molecule has 1 fully saturated rings. The second kappa shape index (κ2) is 2.53. The lowest BCUT2D eigenvalue weighted by molar-refractivity contribution is 0.302. The van der Waals surface area contributed by atoms with Crippen LogP contribution >= 0.6 is 0 Å². The zero-order chi connectivity index (χ0) is 7.68. The quantitative estimate of drug-likeness (QED) is 0.641. The Bertz CT molecular complexity index is 255. The minimum absolute atomic E-state index is 0.471. The second-order valence-corrected chi connectivity index (χ2v) is 3.02. The smallest absolute Gasteiger partial charge is 0.138 e. The van der Waals surface area contributed by atoms with Crippen LogP contribution in [0.15, 0.2) is 18.5 Å². The number of aromatic nitrogens is 1. The van der Waals surface area contributed by atoms with Gasteiger partial charge in [0.2, 0.25) is 0 Å².